The Bertz CT molecular complexity index is 752. The number of halogens is 1. The van der Waals surface area contributed by atoms with Gasteiger partial charge in [0.2, 0.25) is 5.91 Å². The monoisotopic (exact) mass is 352 g/mol. The fourth-order valence-electron chi connectivity index (χ4n) is 4.51. The minimum absolute atomic E-state index is 0.0504. The van der Waals surface area contributed by atoms with Crippen molar-refractivity contribution in [3.63, 3.8) is 0 Å². The molecule has 2 aromatic rings. The van der Waals surface area contributed by atoms with E-state index in [0.29, 0.717) is 24.4 Å². The first kappa shape index (κ1) is 17.2. The van der Waals surface area contributed by atoms with Crippen LogP contribution >= 0.6 is 0 Å². The summed E-state index contributed by atoms with van der Waals surface area (Å²) in [4.78, 5) is 12.8. The van der Waals surface area contributed by atoms with Crippen molar-refractivity contribution in [2.75, 3.05) is 0 Å². The Morgan fingerprint density at radius 1 is 1.04 bits per heavy atom. The molecule has 26 heavy (non-hydrogen) atoms. The zero-order valence-electron chi connectivity index (χ0n) is 14.8. The molecular weight excluding hydrogens is 327 g/mol. The molecule has 2 bridgehead atoms. The molecule has 0 aromatic heterocycles. The summed E-state index contributed by atoms with van der Waals surface area (Å²) >= 11 is 0. The summed E-state index contributed by atoms with van der Waals surface area (Å²) in [5.41, 5.74) is 1.74. The maximum absolute atomic E-state index is 13.7. The van der Waals surface area contributed by atoms with Crippen LogP contribution in [0.3, 0.4) is 0 Å². The van der Waals surface area contributed by atoms with Gasteiger partial charge in [-0.05, 0) is 54.9 Å². The first-order chi connectivity index (χ1) is 12.7. The number of hydrogen-bond acceptors (Lipinski definition) is 2. The van der Waals surface area contributed by atoms with E-state index in [1.807, 2.05) is 36.4 Å². The van der Waals surface area contributed by atoms with E-state index in [2.05, 4.69) is 10.6 Å². The van der Waals surface area contributed by atoms with Crippen LogP contribution < -0.4 is 10.6 Å². The molecule has 2 aromatic carbocycles. The quantitative estimate of drug-likeness (QED) is 0.855. The van der Waals surface area contributed by atoms with E-state index in [0.717, 1.165) is 24.0 Å². The van der Waals surface area contributed by atoms with Gasteiger partial charge in [-0.1, -0.05) is 42.5 Å². The standard InChI is InChI=1S/C22H25FN2O/c23-18-8-4-7-17(14-18)22(16-5-2-1-3-6-16)25-21(26)13-15-11-19-9-10-20(12-15)24-19/h1-8,14-15,19-20,22,24H,9-13H2,(H,25,26). The Morgan fingerprint density at radius 3 is 2.42 bits per heavy atom. The van der Waals surface area contributed by atoms with E-state index >= 15 is 0 Å². The zero-order chi connectivity index (χ0) is 17.9. The van der Waals surface area contributed by atoms with Crippen LogP contribution in [0.1, 0.15) is 49.3 Å². The van der Waals surface area contributed by atoms with Gasteiger partial charge in [-0.3, -0.25) is 4.79 Å². The van der Waals surface area contributed by atoms with E-state index in [1.54, 1.807) is 6.07 Å². The lowest BCUT2D eigenvalue weighted by molar-refractivity contribution is -0.122. The van der Waals surface area contributed by atoms with Crippen molar-refractivity contribution in [1.82, 2.24) is 10.6 Å². The smallest absolute Gasteiger partial charge is 0.221 e. The van der Waals surface area contributed by atoms with Gasteiger partial charge >= 0.3 is 0 Å². The number of piperidine rings is 1. The van der Waals surface area contributed by atoms with Crippen LogP contribution in [0.5, 0.6) is 0 Å². The fraction of sp³-hybridized carbons (Fsp3) is 0.409. The Balaban J connectivity index is 1.48. The normalized spacial score (nSPS) is 25.7. The topological polar surface area (TPSA) is 41.1 Å². The van der Waals surface area contributed by atoms with Crippen molar-refractivity contribution in [1.29, 1.82) is 0 Å². The fourth-order valence-corrected chi connectivity index (χ4v) is 4.51. The van der Waals surface area contributed by atoms with E-state index in [9.17, 15) is 9.18 Å². The van der Waals surface area contributed by atoms with Gasteiger partial charge < -0.3 is 10.6 Å². The van der Waals surface area contributed by atoms with E-state index in [1.165, 1.54) is 25.0 Å². The summed E-state index contributed by atoms with van der Waals surface area (Å²) < 4.78 is 13.7. The lowest BCUT2D eigenvalue weighted by Gasteiger charge is -2.29. The average molecular weight is 352 g/mol. The molecule has 0 radical (unpaired) electrons. The van der Waals surface area contributed by atoms with Crippen LogP contribution in [0.15, 0.2) is 54.6 Å². The van der Waals surface area contributed by atoms with Crippen LogP contribution in [0, 0.1) is 11.7 Å². The molecule has 2 N–H and O–H groups in total. The van der Waals surface area contributed by atoms with Crippen LogP contribution in [-0.4, -0.2) is 18.0 Å². The Morgan fingerprint density at radius 2 is 1.73 bits per heavy atom. The summed E-state index contributed by atoms with van der Waals surface area (Å²) in [6.07, 6.45) is 5.19. The molecular formula is C22H25FN2O. The maximum Gasteiger partial charge on any atom is 0.221 e. The minimum Gasteiger partial charge on any atom is -0.345 e. The van der Waals surface area contributed by atoms with Gasteiger partial charge in [0.15, 0.2) is 0 Å². The molecule has 4 heteroatoms. The number of fused-ring (bicyclic) bond motifs is 2. The van der Waals surface area contributed by atoms with Crippen molar-refractivity contribution < 1.29 is 9.18 Å². The Hall–Kier alpha value is -2.20. The zero-order valence-corrected chi connectivity index (χ0v) is 14.8. The number of nitrogens with one attached hydrogen (secondary N) is 2. The molecule has 1 amide bonds. The second kappa shape index (κ2) is 7.58. The first-order valence-electron chi connectivity index (χ1n) is 9.53. The molecule has 2 saturated heterocycles. The highest BCUT2D eigenvalue weighted by Crippen LogP contribution is 2.33. The third-order valence-corrected chi connectivity index (χ3v) is 5.67. The molecule has 2 heterocycles. The van der Waals surface area contributed by atoms with Gasteiger partial charge in [0.1, 0.15) is 5.82 Å². The molecule has 3 atom stereocenters. The molecule has 3 unspecified atom stereocenters. The van der Waals surface area contributed by atoms with Gasteiger partial charge in [-0.25, -0.2) is 4.39 Å². The highest BCUT2D eigenvalue weighted by Gasteiger charge is 2.34. The predicted octanol–water partition coefficient (Wildman–Crippen LogP) is 3.95. The number of benzene rings is 2. The molecule has 2 fully saturated rings. The Kier molecular flexibility index (Phi) is 5.02. The minimum atomic E-state index is -0.321. The number of rotatable bonds is 5. The molecule has 2 aliphatic heterocycles. The predicted molar refractivity (Wildman–Crippen MR) is 100 cm³/mol. The summed E-state index contributed by atoms with van der Waals surface area (Å²) in [6.45, 7) is 0. The van der Waals surface area contributed by atoms with E-state index in [4.69, 9.17) is 0 Å². The van der Waals surface area contributed by atoms with E-state index < -0.39 is 0 Å². The number of carbonyl (C=O) groups excluding carboxylic acids is 1. The van der Waals surface area contributed by atoms with Crippen LogP contribution in [0.4, 0.5) is 4.39 Å². The highest BCUT2D eigenvalue weighted by molar-refractivity contribution is 5.77. The molecule has 0 aliphatic carbocycles. The molecule has 4 rings (SSSR count). The van der Waals surface area contributed by atoms with Gasteiger partial charge in [0.25, 0.3) is 0 Å². The third-order valence-electron chi connectivity index (χ3n) is 5.67. The highest BCUT2D eigenvalue weighted by atomic mass is 19.1. The van der Waals surface area contributed by atoms with Crippen molar-refractivity contribution >= 4 is 5.91 Å². The summed E-state index contributed by atoms with van der Waals surface area (Å²) in [5, 5.41) is 6.77. The maximum atomic E-state index is 13.7. The summed E-state index contributed by atoms with van der Waals surface area (Å²) in [7, 11) is 0. The molecule has 0 saturated carbocycles. The van der Waals surface area contributed by atoms with Crippen molar-refractivity contribution in [3.05, 3.63) is 71.5 Å². The molecule has 3 nitrogen and oxygen atoms in total. The summed E-state index contributed by atoms with van der Waals surface area (Å²) in [6, 6.07) is 17.1. The van der Waals surface area contributed by atoms with Crippen molar-refractivity contribution in [2.45, 2.75) is 50.2 Å². The molecule has 136 valence electrons. The van der Waals surface area contributed by atoms with E-state index in [-0.39, 0.29) is 17.8 Å². The number of carbonyl (C=O) groups is 1. The van der Waals surface area contributed by atoms with Crippen LogP contribution in [0.2, 0.25) is 0 Å². The lowest BCUT2D eigenvalue weighted by Crippen LogP contribution is -2.40. The lowest BCUT2D eigenvalue weighted by atomic mass is 9.89. The number of amides is 1. The summed E-state index contributed by atoms with van der Waals surface area (Å²) in [5.74, 6) is 0.208. The molecule has 0 spiro atoms. The van der Waals surface area contributed by atoms with Crippen LogP contribution in [-0.2, 0) is 4.79 Å². The van der Waals surface area contributed by atoms with Gasteiger partial charge in [-0.15, -0.1) is 0 Å². The van der Waals surface area contributed by atoms with Gasteiger partial charge in [0.05, 0.1) is 6.04 Å². The average Bonchev–Trinajstić information content (AvgIpc) is 2.99. The van der Waals surface area contributed by atoms with Gasteiger partial charge in [0, 0.05) is 18.5 Å². The second-order valence-electron chi connectivity index (χ2n) is 7.65. The SMILES string of the molecule is O=C(CC1CC2CCC(C1)N2)NC(c1ccccc1)c1cccc(F)c1. The molecule has 2 aliphatic rings. The Labute approximate surface area is 154 Å². The second-order valence-corrected chi connectivity index (χ2v) is 7.65. The number of hydrogen-bond donors (Lipinski definition) is 2. The van der Waals surface area contributed by atoms with Gasteiger partial charge in [-0.2, -0.15) is 0 Å². The van der Waals surface area contributed by atoms with Crippen molar-refractivity contribution in [3.8, 4) is 0 Å². The first-order valence-corrected chi connectivity index (χ1v) is 9.53. The largest absolute Gasteiger partial charge is 0.345 e. The van der Waals surface area contributed by atoms with Crippen LogP contribution in [0.25, 0.3) is 0 Å². The third kappa shape index (κ3) is 3.96. The van der Waals surface area contributed by atoms with Crippen molar-refractivity contribution in [2.24, 2.45) is 5.92 Å².